The van der Waals surface area contributed by atoms with Gasteiger partial charge in [-0.2, -0.15) is 5.26 Å². The van der Waals surface area contributed by atoms with Crippen molar-refractivity contribution in [2.45, 2.75) is 6.61 Å². The average molecular weight is 200 g/mol. The molecule has 0 aliphatic heterocycles. The van der Waals surface area contributed by atoms with E-state index in [1.54, 1.807) is 24.3 Å². The van der Waals surface area contributed by atoms with Crippen molar-refractivity contribution in [2.24, 2.45) is 0 Å². The molecular weight excluding hydrogens is 192 g/mol. The number of nitriles is 1. The van der Waals surface area contributed by atoms with Gasteiger partial charge in [-0.05, 0) is 12.1 Å². The third kappa shape index (κ3) is 1.73. The monoisotopic (exact) mass is 200 g/mol. The number of aliphatic hydroxyl groups is 1. The topological polar surface area (TPSA) is 70.0 Å². The standard InChI is InChI=1S/C11H8N2O2/c12-5-8-1-3-9(4-2-8)11-10(6-14)15-7-13-11/h1-4,7,14H,6H2. The van der Waals surface area contributed by atoms with Gasteiger partial charge in [-0.15, -0.1) is 0 Å². The van der Waals surface area contributed by atoms with Crippen LogP contribution in [-0.4, -0.2) is 10.1 Å². The van der Waals surface area contributed by atoms with Gasteiger partial charge >= 0.3 is 0 Å². The Morgan fingerprint density at radius 1 is 1.33 bits per heavy atom. The lowest BCUT2D eigenvalue weighted by atomic mass is 10.1. The molecule has 0 fully saturated rings. The zero-order chi connectivity index (χ0) is 10.7. The third-order valence-corrected chi connectivity index (χ3v) is 2.07. The van der Waals surface area contributed by atoms with Crippen LogP contribution in [0, 0.1) is 11.3 Å². The van der Waals surface area contributed by atoms with Gasteiger partial charge in [-0.1, -0.05) is 12.1 Å². The number of aliphatic hydroxyl groups excluding tert-OH is 1. The predicted octanol–water partition coefficient (Wildman–Crippen LogP) is 1.71. The Balaban J connectivity index is 2.42. The lowest BCUT2D eigenvalue weighted by molar-refractivity contribution is 0.248. The first kappa shape index (κ1) is 9.44. The van der Waals surface area contributed by atoms with Crippen molar-refractivity contribution in [1.29, 1.82) is 5.26 Å². The summed E-state index contributed by atoms with van der Waals surface area (Å²) in [6, 6.07) is 8.98. The quantitative estimate of drug-likeness (QED) is 0.801. The number of aromatic nitrogens is 1. The van der Waals surface area contributed by atoms with E-state index in [1.165, 1.54) is 6.39 Å². The van der Waals surface area contributed by atoms with Gasteiger partial charge in [0.25, 0.3) is 0 Å². The molecule has 74 valence electrons. The van der Waals surface area contributed by atoms with Crippen LogP contribution in [0.25, 0.3) is 11.3 Å². The van der Waals surface area contributed by atoms with E-state index in [9.17, 15) is 0 Å². The van der Waals surface area contributed by atoms with Crippen LogP contribution in [0.5, 0.6) is 0 Å². The van der Waals surface area contributed by atoms with Crippen LogP contribution in [0.4, 0.5) is 0 Å². The van der Waals surface area contributed by atoms with Gasteiger partial charge in [-0.25, -0.2) is 4.98 Å². The fourth-order valence-electron chi connectivity index (χ4n) is 1.32. The van der Waals surface area contributed by atoms with Gasteiger partial charge in [-0.3, -0.25) is 0 Å². The summed E-state index contributed by atoms with van der Waals surface area (Å²) in [7, 11) is 0. The second-order valence-corrected chi connectivity index (χ2v) is 2.97. The van der Waals surface area contributed by atoms with Crippen molar-refractivity contribution in [3.05, 3.63) is 42.0 Å². The van der Waals surface area contributed by atoms with Crippen molar-refractivity contribution in [2.75, 3.05) is 0 Å². The molecule has 1 aromatic carbocycles. The molecule has 4 heteroatoms. The second-order valence-electron chi connectivity index (χ2n) is 2.97. The molecular formula is C11H8N2O2. The maximum absolute atomic E-state index is 8.98. The highest BCUT2D eigenvalue weighted by Gasteiger charge is 2.08. The predicted molar refractivity (Wildman–Crippen MR) is 52.6 cm³/mol. The summed E-state index contributed by atoms with van der Waals surface area (Å²) in [5.41, 5.74) is 2.03. The Labute approximate surface area is 86.4 Å². The Morgan fingerprint density at radius 3 is 2.67 bits per heavy atom. The summed E-state index contributed by atoms with van der Waals surface area (Å²) in [6.07, 6.45) is 1.29. The summed E-state index contributed by atoms with van der Waals surface area (Å²) in [5.74, 6) is 0.430. The minimum Gasteiger partial charge on any atom is -0.445 e. The maximum atomic E-state index is 8.98. The van der Waals surface area contributed by atoms with Gasteiger partial charge in [0.05, 0.1) is 11.6 Å². The van der Waals surface area contributed by atoms with Gasteiger partial charge in [0, 0.05) is 5.56 Å². The number of hydrogen-bond acceptors (Lipinski definition) is 4. The Hall–Kier alpha value is -2.12. The average Bonchev–Trinajstić information content (AvgIpc) is 2.77. The van der Waals surface area contributed by atoms with E-state index >= 15 is 0 Å². The van der Waals surface area contributed by atoms with Gasteiger partial charge in [0.15, 0.2) is 12.2 Å². The molecule has 2 aromatic rings. The molecule has 0 spiro atoms. The fourth-order valence-corrected chi connectivity index (χ4v) is 1.32. The first-order valence-electron chi connectivity index (χ1n) is 4.39. The SMILES string of the molecule is N#Cc1ccc(-c2ncoc2CO)cc1. The minimum atomic E-state index is -0.185. The van der Waals surface area contributed by atoms with E-state index in [4.69, 9.17) is 14.8 Å². The molecule has 4 nitrogen and oxygen atoms in total. The highest BCUT2D eigenvalue weighted by Crippen LogP contribution is 2.22. The molecule has 0 aliphatic carbocycles. The smallest absolute Gasteiger partial charge is 0.181 e. The van der Waals surface area contributed by atoms with Gasteiger partial charge in [0.1, 0.15) is 12.3 Å². The van der Waals surface area contributed by atoms with E-state index in [-0.39, 0.29) is 6.61 Å². The van der Waals surface area contributed by atoms with E-state index < -0.39 is 0 Å². The first-order valence-corrected chi connectivity index (χ1v) is 4.39. The molecule has 1 aromatic heterocycles. The first-order chi connectivity index (χ1) is 7.35. The van der Waals surface area contributed by atoms with Gasteiger partial charge < -0.3 is 9.52 Å². The largest absolute Gasteiger partial charge is 0.445 e. The molecule has 0 saturated carbocycles. The molecule has 0 saturated heterocycles. The molecule has 0 aliphatic rings. The molecule has 0 radical (unpaired) electrons. The maximum Gasteiger partial charge on any atom is 0.181 e. The highest BCUT2D eigenvalue weighted by molar-refractivity contribution is 5.61. The summed E-state index contributed by atoms with van der Waals surface area (Å²) >= 11 is 0. The molecule has 1 heterocycles. The summed E-state index contributed by atoms with van der Waals surface area (Å²) < 4.78 is 5.00. The van der Waals surface area contributed by atoms with Crippen molar-refractivity contribution in [3.63, 3.8) is 0 Å². The number of nitrogens with zero attached hydrogens (tertiary/aromatic N) is 2. The number of hydrogen-bond donors (Lipinski definition) is 1. The molecule has 0 unspecified atom stereocenters. The van der Waals surface area contributed by atoms with Gasteiger partial charge in [0.2, 0.25) is 0 Å². The molecule has 1 N–H and O–H groups in total. The minimum absolute atomic E-state index is 0.185. The molecule has 0 atom stereocenters. The fraction of sp³-hybridized carbons (Fsp3) is 0.0909. The Kier molecular flexibility index (Phi) is 2.48. The Bertz CT molecular complexity index is 494. The van der Waals surface area contributed by atoms with Crippen LogP contribution in [0.1, 0.15) is 11.3 Å². The number of oxazole rings is 1. The normalized spacial score (nSPS) is 9.87. The number of benzene rings is 1. The lowest BCUT2D eigenvalue weighted by Gasteiger charge is -1.98. The second kappa shape index (κ2) is 3.95. The molecule has 2 rings (SSSR count). The van der Waals surface area contributed by atoms with Crippen LogP contribution in [0.15, 0.2) is 35.1 Å². The zero-order valence-electron chi connectivity index (χ0n) is 7.84. The van der Waals surface area contributed by atoms with Crippen molar-refractivity contribution in [1.82, 2.24) is 4.98 Å². The molecule has 0 bridgehead atoms. The van der Waals surface area contributed by atoms with Crippen molar-refractivity contribution in [3.8, 4) is 17.3 Å². The third-order valence-electron chi connectivity index (χ3n) is 2.07. The van der Waals surface area contributed by atoms with E-state index in [0.717, 1.165) is 5.56 Å². The van der Waals surface area contributed by atoms with Crippen LogP contribution in [0.2, 0.25) is 0 Å². The summed E-state index contributed by atoms with van der Waals surface area (Å²) in [4.78, 5) is 4.00. The van der Waals surface area contributed by atoms with E-state index in [1.807, 2.05) is 6.07 Å². The van der Waals surface area contributed by atoms with E-state index in [0.29, 0.717) is 17.0 Å². The molecule has 0 amide bonds. The van der Waals surface area contributed by atoms with Crippen LogP contribution < -0.4 is 0 Å². The summed E-state index contributed by atoms with van der Waals surface area (Å²) in [6.45, 7) is -0.185. The zero-order valence-corrected chi connectivity index (χ0v) is 7.84. The van der Waals surface area contributed by atoms with Crippen LogP contribution in [-0.2, 0) is 6.61 Å². The van der Waals surface area contributed by atoms with Crippen molar-refractivity contribution >= 4 is 0 Å². The van der Waals surface area contributed by atoms with Crippen LogP contribution in [0.3, 0.4) is 0 Å². The lowest BCUT2D eigenvalue weighted by Crippen LogP contribution is -1.86. The highest BCUT2D eigenvalue weighted by atomic mass is 16.4. The number of rotatable bonds is 2. The van der Waals surface area contributed by atoms with Crippen molar-refractivity contribution < 1.29 is 9.52 Å². The van der Waals surface area contributed by atoms with Crippen LogP contribution >= 0.6 is 0 Å². The molecule has 15 heavy (non-hydrogen) atoms. The summed E-state index contributed by atoms with van der Waals surface area (Å²) in [5, 5.41) is 17.6. The van der Waals surface area contributed by atoms with E-state index in [2.05, 4.69) is 4.98 Å². The Morgan fingerprint density at radius 2 is 2.07 bits per heavy atom.